The first-order valence-electron chi connectivity index (χ1n) is 7.32. The van der Waals surface area contributed by atoms with Gasteiger partial charge in [0.05, 0.1) is 0 Å². The molecule has 1 aromatic carbocycles. The molecule has 1 saturated heterocycles. The fraction of sp³-hybridized carbons (Fsp3) is 0.400. The third-order valence-corrected chi connectivity index (χ3v) is 3.67. The number of hydrogen-bond donors (Lipinski definition) is 2. The Hall–Kier alpha value is -2.48. The largest absolute Gasteiger partial charge is 0.351 e. The number of carbonyl (C=O) groups is 3. The maximum Gasteiger partial charge on any atom is 0.318 e. The fourth-order valence-electron chi connectivity index (χ4n) is 2.41. The Morgan fingerprint density at radius 1 is 1.09 bits per heavy atom. The van der Waals surface area contributed by atoms with E-state index in [2.05, 4.69) is 0 Å². The second-order valence-corrected chi connectivity index (χ2v) is 5.30. The number of nitrogens with zero attached hydrogens (tertiary/aromatic N) is 2. The van der Waals surface area contributed by atoms with Crippen LogP contribution >= 0.6 is 0 Å². The Balaban J connectivity index is 1.77. The van der Waals surface area contributed by atoms with Gasteiger partial charge in [-0.3, -0.25) is 19.8 Å². The summed E-state index contributed by atoms with van der Waals surface area (Å²) in [6, 6.07) is 4.61. The predicted molar refractivity (Wildman–Crippen MR) is 81.1 cm³/mol. The maximum absolute atomic E-state index is 12.9. The molecule has 0 bridgehead atoms. The second kappa shape index (κ2) is 7.68. The number of primary amides is 1. The van der Waals surface area contributed by atoms with Crippen molar-refractivity contribution < 1.29 is 18.8 Å². The van der Waals surface area contributed by atoms with Crippen molar-refractivity contribution >= 4 is 17.8 Å². The van der Waals surface area contributed by atoms with E-state index in [1.54, 1.807) is 4.90 Å². The number of rotatable bonds is 4. The molecule has 124 valence electrons. The molecule has 4 amide bonds. The molecule has 1 fully saturated rings. The van der Waals surface area contributed by atoms with Gasteiger partial charge in [0.1, 0.15) is 5.82 Å². The highest BCUT2D eigenvalue weighted by molar-refractivity contribution is 5.94. The molecule has 3 N–H and O–H groups in total. The van der Waals surface area contributed by atoms with Crippen LogP contribution < -0.4 is 11.1 Å². The van der Waals surface area contributed by atoms with Crippen LogP contribution in [0, 0.1) is 5.82 Å². The SMILES string of the molecule is NC(=O)NC(=O)CCN1CCN(C(=O)c2ccc(F)cc2)CC1. The van der Waals surface area contributed by atoms with Gasteiger partial charge in [0, 0.05) is 44.7 Å². The lowest BCUT2D eigenvalue weighted by Crippen LogP contribution is -2.49. The lowest BCUT2D eigenvalue weighted by atomic mass is 10.1. The first-order chi connectivity index (χ1) is 11.0. The molecule has 0 radical (unpaired) electrons. The molecule has 2 rings (SSSR count). The number of benzene rings is 1. The molecule has 7 nitrogen and oxygen atoms in total. The summed E-state index contributed by atoms with van der Waals surface area (Å²) in [5.41, 5.74) is 5.33. The molecule has 0 spiro atoms. The number of nitrogens with two attached hydrogens (primary N) is 1. The Morgan fingerprint density at radius 2 is 1.70 bits per heavy atom. The minimum Gasteiger partial charge on any atom is -0.351 e. The summed E-state index contributed by atoms with van der Waals surface area (Å²) in [4.78, 5) is 37.9. The monoisotopic (exact) mass is 322 g/mol. The highest BCUT2D eigenvalue weighted by atomic mass is 19.1. The lowest BCUT2D eigenvalue weighted by Gasteiger charge is -2.34. The number of piperazine rings is 1. The van der Waals surface area contributed by atoms with Crippen LogP contribution in [0.1, 0.15) is 16.8 Å². The van der Waals surface area contributed by atoms with Crippen molar-refractivity contribution in [3.8, 4) is 0 Å². The number of imide groups is 1. The van der Waals surface area contributed by atoms with Crippen molar-refractivity contribution in [3.05, 3.63) is 35.6 Å². The van der Waals surface area contributed by atoms with E-state index >= 15 is 0 Å². The molecule has 0 aromatic heterocycles. The van der Waals surface area contributed by atoms with Crippen LogP contribution in [0.2, 0.25) is 0 Å². The number of halogens is 1. The van der Waals surface area contributed by atoms with E-state index in [0.29, 0.717) is 38.3 Å². The smallest absolute Gasteiger partial charge is 0.318 e. The molecule has 0 unspecified atom stereocenters. The molecule has 1 aliphatic heterocycles. The van der Waals surface area contributed by atoms with Gasteiger partial charge in [-0.15, -0.1) is 0 Å². The van der Waals surface area contributed by atoms with Crippen molar-refractivity contribution in [2.24, 2.45) is 5.73 Å². The number of carbonyl (C=O) groups excluding carboxylic acids is 3. The maximum atomic E-state index is 12.9. The minimum atomic E-state index is -0.857. The van der Waals surface area contributed by atoms with Crippen LogP contribution in [0.5, 0.6) is 0 Å². The lowest BCUT2D eigenvalue weighted by molar-refractivity contribution is -0.120. The molecule has 1 aromatic rings. The number of nitrogens with one attached hydrogen (secondary N) is 1. The molecule has 1 heterocycles. The summed E-state index contributed by atoms with van der Waals surface area (Å²) < 4.78 is 12.9. The van der Waals surface area contributed by atoms with Crippen molar-refractivity contribution in [1.82, 2.24) is 15.1 Å². The Kier molecular flexibility index (Phi) is 5.64. The van der Waals surface area contributed by atoms with E-state index < -0.39 is 11.9 Å². The highest BCUT2D eigenvalue weighted by Gasteiger charge is 2.22. The Labute approximate surface area is 133 Å². The standard InChI is InChI=1S/C15H19FN4O3/c16-12-3-1-11(2-4-12)14(22)20-9-7-19(8-10-20)6-5-13(21)18-15(17)23/h1-4H,5-10H2,(H3,17,18,21,23). The van der Waals surface area contributed by atoms with Crippen LogP contribution in [-0.4, -0.2) is 60.4 Å². The predicted octanol–water partition coefficient (Wildman–Crippen LogP) is 0.169. The normalized spacial score (nSPS) is 15.3. The van der Waals surface area contributed by atoms with E-state index in [1.807, 2.05) is 10.2 Å². The number of amides is 4. The van der Waals surface area contributed by atoms with E-state index in [1.165, 1.54) is 24.3 Å². The zero-order valence-corrected chi connectivity index (χ0v) is 12.6. The van der Waals surface area contributed by atoms with Gasteiger partial charge in [-0.2, -0.15) is 0 Å². The van der Waals surface area contributed by atoms with E-state index in [0.717, 1.165) is 0 Å². The van der Waals surface area contributed by atoms with Crippen molar-refractivity contribution in [1.29, 1.82) is 0 Å². The zero-order chi connectivity index (χ0) is 16.8. The number of urea groups is 1. The molecule has 0 saturated carbocycles. The second-order valence-electron chi connectivity index (χ2n) is 5.30. The van der Waals surface area contributed by atoms with Crippen molar-refractivity contribution in [3.63, 3.8) is 0 Å². The Morgan fingerprint density at radius 3 is 2.26 bits per heavy atom. The summed E-state index contributed by atoms with van der Waals surface area (Å²) in [5.74, 6) is -0.918. The summed E-state index contributed by atoms with van der Waals surface area (Å²) >= 11 is 0. The molecule has 0 atom stereocenters. The van der Waals surface area contributed by atoms with E-state index in [-0.39, 0.29) is 18.1 Å². The average molecular weight is 322 g/mol. The van der Waals surface area contributed by atoms with E-state index in [9.17, 15) is 18.8 Å². The van der Waals surface area contributed by atoms with Crippen molar-refractivity contribution in [2.45, 2.75) is 6.42 Å². The quantitative estimate of drug-likeness (QED) is 0.826. The van der Waals surface area contributed by atoms with Gasteiger partial charge in [-0.05, 0) is 24.3 Å². The molecular formula is C15H19FN4O3. The third kappa shape index (κ3) is 5.03. The topological polar surface area (TPSA) is 95.7 Å². The summed E-state index contributed by atoms with van der Waals surface area (Å²) in [6.45, 7) is 2.84. The van der Waals surface area contributed by atoms with E-state index in [4.69, 9.17) is 5.73 Å². The average Bonchev–Trinajstić information content (AvgIpc) is 2.53. The molecular weight excluding hydrogens is 303 g/mol. The van der Waals surface area contributed by atoms with Crippen LogP contribution in [0.4, 0.5) is 9.18 Å². The summed E-state index contributed by atoms with van der Waals surface area (Å²) in [7, 11) is 0. The van der Waals surface area contributed by atoms with Gasteiger partial charge in [0.2, 0.25) is 5.91 Å². The molecule has 1 aliphatic rings. The number of hydrogen-bond acceptors (Lipinski definition) is 4. The van der Waals surface area contributed by atoms with Gasteiger partial charge in [-0.25, -0.2) is 9.18 Å². The van der Waals surface area contributed by atoms with Gasteiger partial charge >= 0.3 is 6.03 Å². The fourth-order valence-corrected chi connectivity index (χ4v) is 2.41. The molecule has 8 heteroatoms. The van der Waals surface area contributed by atoms with Crippen LogP contribution in [-0.2, 0) is 4.79 Å². The van der Waals surface area contributed by atoms with Gasteiger partial charge < -0.3 is 10.6 Å². The van der Waals surface area contributed by atoms with Gasteiger partial charge in [0.25, 0.3) is 5.91 Å². The first-order valence-corrected chi connectivity index (χ1v) is 7.32. The van der Waals surface area contributed by atoms with Crippen LogP contribution in [0.15, 0.2) is 24.3 Å². The van der Waals surface area contributed by atoms with Crippen LogP contribution in [0.3, 0.4) is 0 Å². The van der Waals surface area contributed by atoms with Gasteiger partial charge in [-0.1, -0.05) is 0 Å². The van der Waals surface area contributed by atoms with Gasteiger partial charge in [0.15, 0.2) is 0 Å². The first kappa shape index (κ1) is 16.9. The zero-order valence-electron chi connectivity index (χ0n) is 12.6. The van der Waals surface area contributed by atoms with Crippen molar-refractivity contribution in [2.75, 3.05) is 32.7 Å². The highest BCUT2D eigenvalue weighted by Crippen LogP contribution is 2.10. The molecule has 23 heavy (non-hydrogen) atoms. The summed E-state index contributed by atoms with van der Waals surface area (Å²) in [6.07, 6.45) is 0.175. The van der Waals surface area contributed by atoms with Crippen LogP contribution in [0.25, 0.3) is 0 Å². The molecule has 0 aliphatic carbocycles. The Bertz CT molecular complexity index is 583. The summed E-state index contributed by atoms with van der Waals surface area (Å²) in [5, 5.41) is 2.01. The minimum absolute atomic E-state index is 0.129. The third-order valence-electron chi connectivity index (χ3n) is 3.67.